The Morgan fingerprint density at radius 2 is 2.13 bits per heavy atom. The first-order valence-corrected chi connectivity index (χ1v) is 5.11. The van der Waals surface area contributed by atoms with E-state index < -0.39 is 0 Å². The van der Waals surface area contributed by atoms with Gasteiger partial charge in [-0.1, -0.05) is 0 Å². The number of hydrogen-bond acceptors (Lipinski definition) is 2. The van der Waals surface area contributed by atoms with Gasteiger partial charge in [0.1, 0.15) is 11.4 Å². The highest BCUT2D eigenvalue weighted by Crippen LogP contribution is 2.38. The van der Waals surface area contributed by atoms with Gasteiger partial charge in [0.2, 0.25) is 0 Å². The van der Waals surface area contributed by atoms with E-state index in [4.69, 9.17) is 10.2 Å². The highest BCUT2D eigenvalue weighted by atomic mass is 19.1. The predicted octanol–water partition coefficient (Wildman–Crippen LogP) is 2.61. The van der Waals surface area contributed by atoms with E-state index in [1.54, 1.807) is 18.4 Å². The molecule has 15 heavy (non-hydrogen) atoms. The summed E-state index contributed by atoms with van der Waals surface area (Å²) in [5.41, 5.74) is 7.26. The molecular weight excluding hydrogens is 193 g/mol. The van der Waals surface area contributed by atoms with Crippen molar-refractivity contribution in [2.24, 2.45) is 5.73 Å². The largest absolute Gasteiger partial charge is 0.464 e. The Hall–Kier alpha value is -1.35. The second kappa shape index (κ2) is 2.83. The van der Waals surface area contributed by atoms with Gasteiger partial charge in [-0.15, -0.1) is 0 Å². The van der Waals surface area contributed by atoms with Gasteiger partial charge in [-0.25, -0.2) is 4.39 Å². The summed E-state index contributed by atoms with van der Waals surface area (Å²) in [4.78, 5) is 0. The summed E-state index contributed by atoms with van der Waals surface area (Å²) in [6, 6.07) is 4.91. The van der Waals surface area contributed by atoms with E-state index in [1.165, 1.54) is 6.07 Å². The lowest BCUT2D eigenvalue weighted by atomic mass is 10.0. The Morgan fingerprint density at radius 3 is 2.87 bits per heavy atom. The lowest BCUT2D eigenvalue weighted by molar-refractivity contribution is 0.582. The Morgan fingerprint density at radius 1 is 1.33 bits per heavy atom. The second-order valence-electron chi connectivity index (χ2n) is 4.40. The van der Waals surface area contributed by atoms with E-state index in [9.17, 15) is 4.39 Å². The number of fused-ring (bicyclic) bond motifs is 1. The van der Waals surface area contributed by atoms with Crippen molar-refractivity contribution in [1.82, 2.24) is 0 Å². The molecule has 2 nitrogen and oxygen atoms in total. The molecule has 1 aliphatic carbocycles. The maximum absolute atomic E-state index is 13.7. The molecule has 1 saturated carbocycles. The summed E-state index contributed by atoms with van der Waals surface area (Å²) in [7, 11) is 0. The Labute approximate surface area is 86.9 Å². The van der Waals surface area contributed by atoms with Crippen LogP contribution in [0.25, 0.3) is 11.0 Å². The maximum Gasteiger partial charge on any atom is 0.134 e. The smallest absolute Gasteiger partial charge is 0.134 e. The van der Waals surface area contributed by atoms with Crippen molar-refractivity contribution < 1.29 is 8.81 Å². The monoisotopic (exact) mass is 205 g/mol. The third kappa shape index (κ3) is 1.43. The minimum atomic E-state index is -0.180. The van der Waals surface area contributed by atoms with Crippen LogP contribution in [0.2, 0.25) is 0 Å². The lowest BCUT2D eigenvalue weighted by Crippen LogP contribution is -2.25. The Balaban J connectivity index is 2.13. The molecule has 0 atom stereocenters. The molecule has 0 amide bonds. The van der Waals surface area contributed by atoms with Gasteiger partial charge in [0, 0.05) is 16.5 Å². The molecule has 2 aromatic rings. The standard InChI is InChI=1S/C12H12FNO/c13-10-1-2-11-8(3-6-15-11)9(10)7-12(14)4-5-12/h1-3,6H,4-5,7,14H2. The average Bonchev–Trinajstić information content (AvgIpc) is 2.78. The molecule has 1 heterocycles. The first kappa shape index (κ1) is 8.92. The zero-order valence-electron chi connectivity index (χ0n) is 8.29. The molecule has 0 saturated heterocycles. The molecule has 1 aromatic heterocycles. The van der Waals surface area contributed by atoms with Gasteiger partial charge in [0.25, 0.3) is 0 Å². The Bertz CT molecular complexity index is 513. The first-order valence-electron chi connectivity index (χ1n) is 5.11. The van der Waals surface area contributed by atoms with Gasteiger partial charge >= 0.3 is 0 Å². The molecule has 1 aromatic carbocycles. The first-order chi connectivity index (χ1) is 7.18. The van der Waals surface area contributed by atoms with Gasteiger partial charge in [0.15, 0.2) is 0 Å². The van der Waals surface area contributed by atoms with E-state index in [1.807, 2.05) is 0 Å². The maximum atomic E-state index is 13.7. The van der Waals surface area contributed by atoms with Crippen molar-refractivity contribution in [2.45, 2.75) is 24.8 Å². The molecular formula is C12H12FNO. The summed E-state index contributed by atoms with van der Waals surface area (Å²) in [6.07, 6.45) is 4.17. The van der Waals surface area contributed by atoms with Crippen molar-refractivity contribution in [3.8, 4) is 0 Å². The van der Waals surface area contributed by atoms with Crippen molar-refractivity contribution in [2.75, 3.05) is 0 Å². The lowest BCUT2D eigenvalue weighted by Gasteiger charge is -2.10. The Kier molecular flexibility index (Phi) is 1.68. The van der Waals surface area contributed by atoms with E-state index in [0.29, 0.717) is 12.0 Å². The molecule has 0 unspecified atom stereocenters. The molecule has 0 aliphatic heterocycles. The van der Waals surface area contributed by atoms with Crippen LogP contribution < -0.4 is 5.73 Å². The normalized spacial score (nSPS) is 18.3. The number of rotatable bonds is 2. The van der Waals surface area contributed by atoms with Crippen LogP contribution in [-0.2, 0) is 6.42 Å². The van der Waals surface area contributed by atoms with Crippen LogP contribution in [0.15, 0.2) is 28.9 Å². The van der Waals surface area contributed by atoms with Crippen LogP contribution in [0, 0.1) is 5.82 Å². The number of furan rings is 1. The molecule has 0 bridgehead atoms. The van der Waals surface area contributed by atoms with Crippen LogP contribution in [0.5, 0.6) is 0 Å². The molecule has 2 N–H and O–H groups in total. The van der Waals surface area contributed by atoms with Crippen LogP contribution in [0.1, 0.15) is 18.4 Å². The van der Waals surface area contributed by atoms with E-state index in [0.717, 1.165) is 23.8 Å². The van der Waals surface area contributed by atoms with Gasteiger partial charge in [-0.05, 0) is 37.5 Å². The number of nitrogens with two attached hydrogens (primary N) is 1. The molecule has 3 rings (SSSR count). The zero-order valence-corrected chi connectivity index (χ0v) is 8.29. The summed E-state index contributed by atoms with van der Waals surface area (Å²) < 4.78 is 18.9. The number of benzene rings is 1. The van der Waals surface area contributed by atoms with E-state index >= 15 is 0 Å². The van der Waals surface area contributed by atoms with Crippen molar-refractivity contribution in [1.29, 1.82) is 0 Å². The molecule has 78 valence electrons. The van der Waals surface area contributed by atoms with Crippen LogP contribution in [-0.4, -0.2) is 5.54 Å². The summed E-state index contributed by atoms with van der Waals surface area (Å²) in [5, 5.41) is 0.853. The van der Waals surface area contributed by atoms with Gasteiger partial charge in [-0.3, -0.25) is 0 Å². The molecule has 3 heteroatoms. The minimum Gasteiger partial charge on any atom is -0.464 e. The summed E-state index contributed by atoms with van der Waals surface area (Å²) in [6.45, 7) is 0. The SMILES string of the molecule is NC1(Cc2c(F)ccc3occc23)CC1. The summed E-state index contributed by atoms with van der Waals surface area (Å²) in [5.74, 6) is -0.180. The highest BCUT2D eigenvalue weighted by Gasteiger charge is 2.39. The second-order valence-corrected chi connectivity index (χ2v) is 4.40. The minimum absolute atomic E-state index is 0.174. The summed E-state index contributed by atoms with van der Waals surface area (Å²) >= 11 is 0. The third-order valence-electron chi connectivity index (χ3n) is 3.11. The van der Waals surface area contributed by atoms with Gasteiger partial charge < -0.3 is 10.2 Å². The average molecular weight is 205 g/mol. The van der Waals surface area contributed by atoms with Gasteiger partial charge in [-0.2, -0.15) is 0 Å². The predicted molar refractivity (Wildman–Crippen MR) is 56.0 cm³/mol. The van der Waals surface area contributed by atoms with Crippen molar-refractivity contribution in [3.05, 3.63) is 35.8 Å². The molecule has 1 aliphatic rings. The number of halogens is 1. The molecule has 0 radical (unpaired) electrons. The fourth-order valence-electron chi connectivity index (χ4n) is 1.95. The fourth-order valence-corrected chi connectivity index (χ4v) is 1.95. The quantitative estimate of drug-likeness (QED) is 0.818. The fraction of sp³-hybridized carbons (Fsp3) is 0.333. The molecule has 1 fully saturated rings. The molecule has 0 spiro atoms. The van der Waals surface area contributed by atoms with Crippen molar-refractivity contribution in [3.63, 3.8) is 0 Å². The highest BCUT2D eigenvalue weighted by molar-refractivity contribution is 5.81. The van der Waals surface area contributed by atoms with Crippen LogP contribution >= 0.6 is 0 Å². The van der Waals surface area contributed by atoms with E-state index in [2.05, 4.69) is 0 Å². The third-order valence-corrected chi connectivity index (χ3v) is 3.11. The number of hydrogen-bond donors (Lipinski definition) is 1. The topological polar surface area (TPSA) is 39.2 Å². The zero-order chi connectivity index (χ0) is 10.5. The van der Waals surface area contributed by atoms with E-state index in [-0.39, 0.29) is 11.4 Å². The van der Waals surface area contributed by atoms with Crippen molar-refractivity contribution >= 4 is 11.0 Å². The van der Waals surface area contributed by atoms with Crippen LogP contribution in [0.3, 0.4) is 0 Å². The van der Waals surface area contributed by atoms with Gasteiger partial charge in [0.05, 0.1) is 6.26 Å². The van der Waals surface area contributed by atoms with Crippen LogP contribution in [0.4, 0.5) is 4.39 Å².